The molecule has 2 unspecified atom stereocenters. The van der Waals surface area contributed by atoms with Gasteiger partial charge in [-0.05, 0) is 24.3 Å². The maximum atomic E-state index is 13.2. The summed E-state index contributed by atoms with van der Waals surface area (Å²) in [5.74, 6) is 0.941. The molecule has 1 saturated carbocycles. The Morgan fingerprint density at radius 3 is 2.83 bits per heavy atom. The van der Waals surface area contributed by atoms with Crippen molar-refractivity contribution in [3.63, 3.8) is 0 Å². The zero-order valence-corrected chi connectivity index (χ0v) is 11.4. The molecule has 0 aliphatic heterocycles. The van der Waals surface area contributed by atoms with Crippen molar-refractivity contribution in [1.29, 1.82) is 0 Å². The molecule has 0 aromatic heterocycles. The van der Waals surface area contributed by atoms with Gasteiger partial charge >= 0.3 is 0 Å². The van der Waals surface area contributed by atoms with Gasteiger partial charge in [0, 0.05) is 12.6 Å². The molecule has 0 radical (unpaired) electrons. The van der Waals surface area contributed by atoms with Crippen LogP contribution in [0.1, 0.15) is 32.6 Å². The van der Waals surface area contributed by atoms with Crippen LogP contribution in [0.4, 0.5) is 15.8 Å². The first-order valence-corrected chi connectivity index (χ1v) is 6.94. The van der Waals surface area contributed by atoms with E-state index < -0.39 is 5.82 Å². The second kappa shape index (κ2) is 5.79. The molecule has 0 amide bonds. The zero-order valence-electron chi connectivity index (χ0n) is 10.7. The number of anilines is 2. The zero-order chi connectivity index (χ0) is 13.1. The summed E-state index contributed by atoms with van der Waals surface area (Å²) in [6, 6.07) is 2.84. The minimum absolute atomic E-state index is 0.114. The van der Waals surface area contributed by atoms with E-state index in [-0.39, 0.29) is 5.02 Å². The van der Waals surface area contributed by atoms with Crippen molar-refractivity contribution >= 4 is 23.0 Å². The van der Waals surface area contributed by atoms with E-state index >= 15 is 0 Å². The molecule has 1 aliphatic rings. The van der Waals surface area contributed by atoms with E-state index in [0.717, 1.165) is 18.2 Å². The molecule has 1 aromatic carbocycles. The quantitative estimate of drug-likeness (QED) is 0.804. The summed E-state index contributed by atoms with van der Waals surface area (Å²) in [5.41, 5.74) is 6.93. The highest BCUT2D eigenvalue weighted by Crippen LogP contribution is 2.31. The Morgan fingerprint density at radius 1 is 1.39 bits per heavy atom. The average Bonchev–Trinajstić information content (AvgIpc) is 2.34. The molecule has 0 spiro atoms. The Hall–Kier alpha value is -0.960. The first-order chi connectivity index (χ1) is 8.58. The summed E-state index contributed by atoms with van der Waals surface area (Å²) in [6.45, 7) is 3.18. The molecule has 100 valence electrons. The van der Waals surface area contributed by atoms with Crippen LogP contribution in [0.25, 0.3) is 0 Å². The van der Waals surface area contributed by atoms with E-state index in [9.17, 15) is 4.39 Å². The largest absolute Gasteiger partial charge is 0.397 e. The molecule has 2 rings (SSSR count). The summed E-state index contributed by atoms with van der Waals surface area (Å²) in [5, 5.41) is 3.42. The van der Waals surface area contributed by atoms with E-state index in [1.165, 1.54) is 31.7 Å². The van der Waals surface area contributed by atoms with Crippen LogP contribution in [0.15, 0.2) is 12.1 Å². The summed E-state index contributed by atoms with van der Waals surface area (Å²) < 4.78 is 13.2. The molecular weight excluding hydrogens is 251 g/mol. The Morgan fingerprint density at radius 2 is 2.11 bits per heavy atom. The van der Waals surface area contributed by atoms with E-state index in [0.29, 0.717) is 11.6 Å². The van der Waals surface area contributed by atoms with Crippen LogP contribution in [-0.2, 0) is 0 Å². The van der Waals surface area contributed by atoms with Crippen molar-refractivity contribution in [1.82, 2.24) is 0 Å². The Kier molecular flexibility index (Phi) is 4.33. The minimum atomic E-state index is -0.467. The lowest BCUT2D eigenvalue weighted by molar-refractivity contribution is 0.268. The van der Waals surface area contributed by atoms with Crippen LogP contribution >= 0.6 is 11.6 Å². The molecule has 0 heterocycles. The van der Waals surface area contributed by atoms with Crippen LogP contribution in [0.2, 0.25) is 5.02 Å². The molecule has 0 saturated heterocycles. The summed E-state index contributed by atoms with van der Waals surface area (Å²) >= 11 is 5.77. The Labute approximate surface area is 113 Å². The Balaban J connectivity index is 1.99. The number of rotatable bonds is 3. The lowest BCUT2D eigenvalue weighted by atomic mass is 9.80. The SMILES string of the molecule is CC1CCCCC1CNc1cc(Cl)c(F)cc1N. The summed E-state index contributed by atoms with van der Waals surface area (Å²) in [7, 11) is 0. The number of halogens is 2. The van der Waals surface area contributed by atoms with Gasteiger partial charge in [-0.15, -0.1) is 0 Å². The van der Waals surface area contributed by atoms with Gasteiger partial charge in [-0.3, -0.25) is 0 Å². The van der Waals surface area contributed by atoms with E-state index in [4.69, 9.17) is 17.3 Å². The normalized spacial score (nSPS) is 23.9. The van der Waals surface area contributed by atoms with Gasteiger partial charge < -0.3 is 11.1 Å². The van der Waals surface area contributed by atoms with Gasteiger partial charge in [0.25, 0.3) is 0 Å². The first kappa shape index (κ1) is 13.5. The first-order valence-electron chi connectivity index (χ1n) is 6.56. The van der Waals surface area contributed by atoms with Crippen molar-refractivity contribution in [2.24, 2.45) is 11.8 Å². The lowest BCUT2D eigenvalue weighted by Gasteiger charge is -2.29. The number of nitrogen functional groups attached to an aromatic ring is 1. The average molecular weight is 271 g/mol. The van der Waals surface area contributed by atoms with Crippen molar-refractivity contribution in [2.45, 2.75) is 32.6 Å². The van der Waals surface area contributed by atoms with Crippen molar-refractivity contribution in [2.75, 3.05) is 17.6 Å². The molecule has 0 bridgehead atoms. The fourth-order valence-corrected chi connectivity index (χ4v) is 2.82. The number of benzene rings is 1. The second-order valence-corrected chi connectivity index (χ2v) is 5.66. The number of hydrogen-bond donors (Lipinski definition) is 2. The van der Waals surface area contributed by atoms with Crippen LogP contribution in [0.3, 0.4) is 0 Å². The van der Waals surface area contributed by atoms with Crippen molar-refractivity contribution < 1.29 is 4.39 Å². The van der Waals surface area contributed by atoms with Gasteiger partial charge in [-0.1, -0.05) is 37.8 Å². The van der Waals surface area contributed by atoms with Gasteiger partial charge in [0.05, 0.1) is 16.4 Å². The Bertz CT molecular complexity index is 423. The summed E-state index contributed by atoms with van der Waals surface area (Å²) in [6.07, 6.45) is 5.19. The van der Waals surface area contributed by atoms with Gasteiger partial charge in [0.2, 0.25) is 0 Å². The van der Waals surface area contributed by atoms with E-state index in [2.05, 4.69) is 12.2 Å². The van der Waals surface area contributed by atoms with Crippen molar-refractivity contribution in [3.05, 3.63) is 23.0 Å². The molecule has 1 aliphatic carbocycles. The minimum Gasteiger partial charge on any atom is -0.397 e. The maximum absolute atomic E-state index is 13.2. The van der Waals surface area contributed by atoms with Gasteiger partial charge in [0.1, 0.15) is 5.82 Å². The third kappa shape index (κ3) is 3.08. The molecular formula is C14H20ClFN2. The number of nitrogens with one attached hydrogen (secondary N) is 1. The standard InChI is InChI=1S/C14H20ClFN2/c1-9-4-2-3-5-10(9)8-18-14-6-11(15)12(16)7-13(14)17/h6-7,9-10,18H,2-5,8,17H2,1H3. The molecule has 2 atom stereocenters. The van der Waals surface area contributed by atoms with E-state index in [1.807, 2.05) is 0 Å². The molecule has 1 aromatic rings. The van der Waals surface area contributed by atoms with Gasteiger partial charge in [-0.2, -0.15) is 0 Å². The van der Waals surface area contributed by atoms with Gasteiger partial charge in [0.15, 0.2) is 0 Å². The summed E-state index contributed by atoms with van der Waals surface area (Å²) in [4.78, 5) is 0. The third-order valence-electron chi connectivity index (χ3n) is 3.94. The predicted octanol–water partition coefficient (Wildman–Crippen LogP) is 4.30. The van der Waals surface area contributed by atoms with Crippen LogP contribution in [-0.4, -0.2) is 6.54 Å². The molecule has 1 fully saturated rings. The van der Waals surface area contributed by atoms with Crippen LogP contribution < -0.4 is 11.1 Å². The van der Waals surface area contributed by atoms with Crippen LogP contribution in [0.5, 0.6) is 0 Å². The fourth-order valence-electron chi connectivity index (χ4n) is 2.65. The molecule has 2 nitrogen and oxygen atoms in total. The highest BCUT2D eigenvalue weighted by Gasteiger charge is 2.21. The topological polar surface area (TPSA) is 38.0 Å². The monoisotopic (exact) mass is 270 g/mol. The smallest absolute Gasteiger partial charge is 0.143 e. The number of hydrogen-bond acceptors (Lipinski definition) is 2. The van der Waals surface area contributed by atoms with Crippen LogP contribution in [0, 0.1) is 17.7 Å². The second-order valence-electron chi connectivity index (χ2n) is 5.26. The lowest BCUT2D eigenvalue weighted by Crippen LogP contribution is -2.24. The van der Waals surface area contributed by atoms with E-state index in [1.54, 1.807) is 6.07 Å². The highest BCUT2D eigenvalue weighted by atomic mass is 35.5. The van der Waals surface area contributed by atoms with Crippen molar-refractivity contribution in [3.8, 4) is 0 Å². The molecule has 3 N–H and O–H groups in total. The highest BCUT2D eigenvalue weighted by molar-refractivity contribution is 6.31. The third-order valence-corrected chi connectivity index (χ3v) is 4.23. The fraction of sp³-hybridized carbons (Fsp3) is 0.571. The maximum Gasteiger partial charge on any atom is 0.143 e. The molecule has 18 heavy (non-hydrogen) atoms. The molecule has 4 heteroatoms. The predicted molar refractivity (Wildman–Crippen MR) is 75.4 cm³/mol. The number of nitrogens with two attached hydrogens (primary N) is 1. The van der Waals surface area contributed by atoms with Gasteiger partial charge in [-0.25, -0.2) is 4.39 Å².